The molecule has 0 amide bonds. The summed E-state index contributed by atoms with van der Waals surface area (Å²) in [6.07, 6.45) is 1.69. The van der Waals surface area contributed by atoms with Gasteiger partial charge in [0.05, 0.1) is 10.9 Å². The number of nitrogens with zero attached hydrogens (tertiary/aromatic N) is 1. The van der Waals surface area contributed by atoms with Crippen molar-refractivity contribution >= 4 is 27.5 Å². The first-order valence-electron chi connectivity index (χ1n) is 5.69. The van der Waals surface area contributed by atoms with E-state index in [0.29, 0.717) is 5.02 Å². The van der Waals surface area contributed by atoms with Gasteiger partial charge in [-0.3, -0.25) is 0 Å². The lowest BCUT2D eigenvalue weighted by atomic mass is 10.2. The number of benzene rings is 1. The largest absolute Gasteiger partial charge is 0.409 e. The van der Waals surface area contributed by atoms with Gasteiger partial charge in [0.1, 0.15) is 0 Å². The van der Waals surface area contributed by atoms with Crippen LogP contribution in [-0.4, -0.2) is 25.5 Å². The minimum Gasteiger partial charge on any atom is -0.409 e. The maximum absolute atomic E-state index is 12.2. The summed E-state index contributed by atoms with van der Waals surface area (Å²) in [4.78, 5) is 0.0522. The molecule has 0 saturated heterocycles. The Balaban J connectivity index is 2.25. The van der Waals surface area contributed by atoms with Gasteiger partial charge in [-0.15, -0.1) is 0 Å². The number of sulfonamides is 1. The average Bonchev–Trinajstić information content (AvgIpc) is 3.19. The monoisotopic (exact) mass is 303 g/mol. The molecule has 0 spiro atoms. The second kappa shape index (κ2) is 5.36. The van der Waals surface area contributed by atoms with Crippen LogP contribution in [0.2, 0.25) is 5.02 Å². The van der Waals surface area contributed by atoms with E-state index >= 15 is 0 Å². The van der Waals surface area contributed by atoms with Gasteiger partial charge in [-0.2, -0.15) is 0 Å². The molecule has 0 radical (unpaired) electrons. The Hall–Kier alpha value is -1.31. The number of nitrogens with one attached hydrogen (secondary N) is 1. The van der Waals surface area contributed by atoms with Crippen molar-refractivity contribution in [3.63, 3.8) is 0 Å². The van der Waals surface area contributed by atoms with Gasteiger partial charge in [-0.1, -0.05) is 22.8 Å². The average molecular weight is 304 g/mol. The molecule has 1 fully saturated rings. The predicted molar refractivity (Wildman–Crippen MR) is 71.7 cm³/mol. The number of amidine groups is 1. The van der Waals surface area contributed by atoms with E-state index in [2.05, 4.69) is 9.88 Å². The smallest absolute Gasteiger partial charge is 0.241 e. The molecule has 1 aromatic carbocycles. The zero-order valence-corrected chi connectivity index (χ0v) is 11.5. The molecule has 4 N–H and O–H groups in total. The maximum atomic E-state index is 12.2. The summed E-state index contributed by atoms with van der Waals surface area (Å²) >= 11 is 5.77. The van der Waals surface area contributed by atoms with Crippen LogP contribution in [0.25, 0.3) is 0 Å². The standard InChI is InChI=1S/C11H14ClN3O3S/c12-8-2-1-3-9(6-8)19(17,18)15-10(7-4-5-7)11(13)14-16/h1-3,6-7,10,15-16H,4-5H2,(H2,13,14). The molecule has 1 aliphatic carbocycles. The second-order valence-corrected chi connectivity index (χ2v) is 6.57. The van der Waals surface area contributed by atoms with Crippen LogP contribution in [0.4, 0.5) is 0 Å². The third kappa shape index (κ3) is 3.37. The lowest BCUT2D eigenvalue weighted by Crippen LogP contribution is -2.46. The summed E-state index contributed by atoms with van der Waals surface area (Å²) in [5.41, 5.74) is 5.52. The fourth-order valence-corrected chi connectivity index (χ4v) is 3.34. The molecule has 0 aliphatic heterocycles. The zero-order valence-electron chi connectivity index (χ0n) is 9.95. The first kappa shape index (κ1) is 14.1. The van der Waals surface area contributed by atoms with Crippen LogP contribution in [0, 0.1) is 5.92 Å². The van der Waals surface area contributed by atoms with Gasteiger partial charge in [0.15, 0.2) is 5.84 Å². The first-order valence-corrected chi connectivity index (χ1v) is 7.55. The molecule has 0 aromatic heterocycles. The third-order valence-electron chi connectivity index (χ3n) is 2.92. The van der Waals surface area contributed by atoms with E-state index in [1.165, 1.54) is 12.1 Å². The lowest BCUT2D eigenvalue weighted by Gasteiger charge is -2.16. The number of hydrogen-bond donors (Lipinski definition) is 3. The van der Waals surface area contributed by atoms with E-state index in [1.54, 1.807) is 12.1 Å². The Labute approximate surface area is 116 Å². The number of hydrogen-bond acceptors (Lipinski definition) is 4. The molecule has 8 heteroatoms. The van der Waals surface area contributed by atoms with Gasteiger partial charge in [-0.25, -0.2) is 13.1 Å². The summed E-state index contributed by atoms with van der Waals surface area (Å²) in [5, 5.41) is 11.9. The highest BCUT2D eigenvalue weighted by molar-refractivity contribution is 7.89. The highest BCUT2D eigenvalue weighted by atomic mass is 35.5. The third-order valence-corrected chi connectivity index (χ3v) is 4.59. The second-order valence-electron chi connectivity index (χ2n) is 4.42. The molecular weight excluding hydrogens is 290 g/mol. The van der Waals surface area contributed by atoms with E-state index in [4.69, 9.17) is 22.5 Å². The van der Waals surface area contributed by atoms with Crippen molar-refractivity contribution in [3.8, 4) is 0 Å². The van der Waals surface area contributed by atoms with E-state index in [0.717, 1.165) is 12.8 Å². The predicted octanol–water partition coefficient (Wildman–Crippen LogP) is 1.14. The van der Waals surface area contributed by atoms with Gasteiger partial charge >= 0.3 is 0 Å². The van der Waals surface area contributed by atoms with Gasteiger partial charge in [0.2, 0.25) is 10.0 Å². The molecule has 2 rings (SSSR count). The normalized spacial score (nSPS) is 18.3. The quantitative estimate of drug-likeness (QED) is 0.328. The highest BCUT2D eigenvalue weighted by Gasteiger charge is 2.37. The Morgan fingerprint density at radius 3 is 2.74 bits per heavy atom. The molecule has 1 aliphatic rings. The van der Waals surface area contributed by atoms with Crippen molar-refractivity contribution < 1.29 is 13.6 Å². The summed E-state index contributed by atoms with van der Waals surface area (Å²) in [6.45, 7) is 0. The minimum atomic E-state index is -3.75. The van der Waals surface area contributed by atoms with Crippen molar-refractivity contribution in [3.05, 3.63) is 29.3 Å². The van der Waals surface area contributed by atoms with Crippen LogP contribution >= 0.6 is 11.6 Å². The number of halogens is 1. The summed E-state index contributed by atoms with van der Waals surface area (Å²) in [6, 6.07) is 5.23. The van der Waals surface area contributed by atoms with Crippen LogP contribution in [0.5, 0.6) is 0 Å². The first-order chi connectivity index (χ1) is 8.94. The van der Waals surface area contributed by atoms with Crippen molar-refractivity contribution in [2.24, 2.45) is 16.8 Å². The Bertz CT molecular complexity index is 599. The van der Waals surface area contributed by atoms with Crippen LogP contribution in [0.1, 0.15) is 12.8 Å². The molecular formula is C11H14ClN3O3S. The zero-order chi connectivity index (χ0) is 14.0. The molecule has 0 heterocycles. The molecule has 19 heavy (non-hydrogen) atoms. The van der Waals surface area contributed by atoms with Crippen LogP contribution in [0.15, 0.2) is 34.3 Å². The van der Waals surface area contributed by atoms with Gasteiger partial charge in [0.25, 0.3) is 0 Å². The molecule has 1 aromatic rings. The maximum Gasteiger partial charge on any atom is 0.241 e. The fraction of sp³-hybridized carbons (Fsp3) is 0.364. The summed E-state index contributed by atoms with van der Waals surface area (Å²) < 4.78 is 26.8. The van der Waals surface area contributed by atoms with E-state index in [1.807, 2.05) is 0 Å². The fourth-order valence-electron chi connectivity index (χ4n) is 1.76. The Kier molecular flexibility index (Phi) is 3.98. The summed E-state index contributed by atoms with van der Waals surface area (Å²) in [5.74, 6) is -0.0574. The van der Waals surface area contributed by atoms with E-state index < -0.39 is 16.1 Å². The lowest BCUT2D eigenvalue weighted by molar-refractivity contribution is 0.314. The topological polar surface area (TPSA) is 105 Å². The molecule has 1 atom stereocenters. The Morgan fingerprint density at radius 2 is 2.21 bits per heavy atom. The molecule has 1 unspecified atom stereocenters. The van der Waals surface area contributed by atoms with Crippen molar-refractivity contribution in [1.29, 1.82) is 0 Å². The van der Waals surface area contributed by atoms with Gasteiger partial charge in [-0.05, 0) is 37.0 Å². The van der Waals surface area contributed by atoms with Crippen LogP contribution in [-0.2, 0) is 10.0 Å². The molecule has 6 nitrogen and oxygen atoms in total. The molecule has 1 saturated carbocycles. The van der Waals surface area contributed by atoms with Crippen molar-refractivity contribution in [1.82, 2.24) is 4.72 Å². The SMILES string of the molecule is NC(=NO)C(NS(=O)(=O)c1cccc(Cl)c1)C1CC1. The summed E-state index contributed by atoms with van der Waals surface area (Å²) in [7, 11) is -3.75. The van der Waals surface area contributed by atoms with Gasteiger partial charge < -0.3 is 10.9 Å². The Morgan fingerprint density at radius 1 is 1.53 bits per heavy atom. The van der Waals surface area contributed by atoms with Crippen molar-refractivity contribution in [2.75, 3.05) is 0 Å². The van der Waals surface area contributed by atoms with E-state index in [-0.39, 0.29) is 16.6 Å². The number of oxime groups is 1. The molecule has 0 bridgehead atoms. The van der Waals surface area contributed by atoms with E-state index in [9.17, 15) is 8.42 Å². The van der Waals surface area contributed by atoms with Gasteiger partial charge in [0, 0.05) is 5.02 Å². The number of nitrogens with two attached hydrogens (primary N) is 1. The highest BCUT2D eigenvalue weighted by Crippen LogP contribution is 2.33. The minimum absolute atomic E-state index is 0.0522. The van der Waals surface area contributed by atoms with Crippen LogP contribution < -0.4 is 10.5 Å². The van der Waals surface area contributed by atoms with Crippen LogP contribution in [0.3, 0.4) is 0 Å². The molecule has 104 valence electrons. The van der Waals surface area contributed by atoms with Crippen molar-refractivity contribution in [2.45, 2.75) is 23.8 Å². The number of rotatable bonds is 5.